The first-order chi connectivity index (χ1) is 12.2. The number of pyridine rings is 1. The van der Waals surface area contributed by atoms with Crippen molar-refractivity contribution in [1.29, 1.82) is 0 Å². The predicted molar refractivity (Wildman–Crippen MR) is 98.2 cm³/mol. The molecule has 2 amide bonds. The molecule has 6 nitrogen and oxygen atoms in total. The third-order valence-corrected chi connectivity index (χ3v) is 4.18. The van der Waals surface area contributed by atoms with Crippen molar-refractivity contribution < 1.29 is 9.59 Å². The van der Waals surface area contributed by atoms with E-state index in [1.54, 1.807) is 0 Å². The third-order valence-electron chi connectivity index (χ3n) is 4.18. The molecule has 132 valence electrons. The van der Waals surface area contributed by atoms with Gasteiger partial charge >= 0.3 is 0 Å². The van der Waals surface area contributed by atoms with E-state index < -0.39 is 0 Å². The molecular weight excluding hydrogens is 316 g/mol. The maximum atomic E-state index is 11.8. The largest absolute Gasteiger partial charge is 0.368 e. The summed E-state index contributed by atoms with van der Waals surface area (Å²) in [7, 11) is 0. The van der Waals surface area contributed by atoms with Crippen LogP contribution in [0.2, 0.25) is 0 Å². The molecule has 0 atom stereocenters. The fourth-order valence-electron chi connectivity index (χ4n) is 2.60. The Hall–Kier alpha value is -2.63. The molecule has 1 saturated carbocycles. The van der Waals surface area contributed by atoms with Gasteiger partial charge in [-0.2, -0.15) is 0 Å². The van der Waals surface area contributed by atoms with Crippen LogP contribution in [0.15, 0.2) is 36.4 Å². The summed E-state index contributed by atoms with van der Waals surface area (Å²) in [5, 5.41) is 10.1. The highest BCUT2D eigenvalue weighted by molar-refractivity contribution is 5.81. The Kier molecular flexibility index (Phi) is 5.82. The van der Waals surface area contributed by atoms with Crippen LogP contribution in [-0.4, -0.2) is 36.4 Å². The number of amides is 2. The Morgan fingerprint density at radius 2 is 1.84 bits per heavy atom. The smallest absolute Gasteiger partial charge is 0.223 e. The van der Waals surface area contributed by atoms with Crippen LogP contribution in [0.5, 0.6) is 0 Å². The van der Waals surface area contributed by atoms with Gasteiger partial charge in [0.25, 0.3) is 0 Å². The minimum Gasteiger partial charge on any atom is -0.368 e. The second-order valence-electron chi connectivity index (χ2n) is 6.33. The first-order valence-electron chi connectivity index (χ1n) is 8.86. The second kappa shape index (κ2) is 8.46. The normalized spacial score (nSPS) is 13.4. The third kappa shape index (κ3) is 5.45. The predicted octanol–water partition coefficient (Wildman–Crippen LogP) is 2.07. The molecule has 1 aromatic carbocycles. The number of hydrogen-bond acceptors (Lipinski definition) is 4. The number of rotatable bonds is 9. The summed E-state index contributed by atoms with van der Waals surface area (Å²) in [6, 6.07) is 11.9. The van der Waals surface area contributed by atoms with Crippen molar-refractivity contribution in [1.82, 2.24) is 15.6 Å². The number of nitrogens with zero attached hydrogens (tertiary/aromatic N) is 1. The van der Waals surface area contributed by atoms with Gasteiger partial charge in [-0.05, 0) is 37.5 Å². The lowest BCUT2D eigenvalue weighted by molar-refractivity contribution is -0.123. The summed E-state index contributed by atoms with van der Waals surface area (Å²) < 4.78 is 0. The molecule has 6 heteroatoms. The van der Waals surface area contributed by atoms with Crippen molar-refractivity contribution in [3.63, 3.8) is 0 Å². The standard InChI is InChI=1S/C19H24N4O2/c24-18(6-3-11-22-19(25)15-7-8-15)21-13-12-20-17-10-9-14-4-1-2-5-16(14)23-17/h1-2,4-5,9-10,15H,3,6-8,11-13H2,(H,20,23)(H,21,24)(H,22,25). The monoisotopic (exact) mass is 340 g/mol. The van der Waals surface area contributed by atoms with Crippen LogP contribution in [0, 0.1) is 5.92 Å². The van der Waals surface area contributed by atoms with E-state index in [9.17, 15) is 9.59 Å². The molecule has 1 aromatic heterocycles. The van der Waals surface area contributed by atoms with E-state index in [1.165, 1.54) is 0 Å². The number of fused-ring (bicyclic) bond motifs is 1. The lowest BCUT2D eigenvalue weighted by Gasteiger charge is -2.08. The van der Waals surface area contributed by atoms with E-state index >= 15 is 0 Å². The molecule has 1 aliphatic carbocycles. The Bertz CT molecular complexity index is 743. The second-order valence-corrected chi connectivity index (χ2v) is 6.33. The van der Waals surface area contributed by atoms with Crippen LogP contribution in [0.4, 0.5) is 5.82 Å². The first kappa shape index (κ1) is 17.2. The average molecular weight is 340 g/mol. The van der Waals surface area contributed by atoms with E-state index in [0.717, 1.165) is 29.6 Å². The molecule has 3 N–H and O–H groups in total. The summed E-state index contributed by atoms with van der Waals surface area (Å²) in [4.78, 5) is 27.7. The van der Waals surface area contributed by atoms with Crippen molar-refractivity contribution in [3.8, 4) is 0 Å². The zero-order valence-corrected chi connectivity index (χ0v) is 14.3. The zero-order chi connectivity index (χ0) is 17.5. The van der Waals surface area contributed by atoms with E-state index in [1.807, 2.05) is 36.4 Å². The Labute approximate surface area is 147 Å². The molecule has 0 radical (unpaired) electrons. The number of aromatic nitrogens is 1. The SMILES string of the molecule is O=C(CCCNC(=O)C1CC1)NCCNc1ccc2ccccc2n1. The van der Waals surface area contributed by atoms with Crippen LogP contribution in [-0.2, 0) is 9.59 Å². The number of hydrogen-bond donors (Lipinski definition) is 3. The highest BCUT2D eigenvalue weighted by Crippen LogP contribution is 2.28. The van der Waals surface area contributed by atoms with Crippen molar-refractivity contribution in [3.05, 3.63) is 36.4 Å². The van der Waals surface area contributed by atoms with E-state index in [-0.39, 0.29) is 17.7 Å². The molecule has 0 aliphatic heterocycles. The number of carbonyl (C=O) groups excluding carboxylic acids is 2. The van der Waals surface area contributed by atoms with Crippen molar-refractivity contribution in [2.24, 2.45) is 5.92 Å². The van der Waals surface area contributed by atoms with Crippen molar-refractivity contribution >= 4 is 28.5 Å². The maximum absolute atomic E-state index is 11.8. The number of anilines is 1. The molecule has 0 saturated heterocycles. The number of carbonyl (C=O) groups is 2. The highest BCUT2D eigenvalue weighted by atomic mass is 16.2. The van der Waals surface area contributed by atoms with Crippen LogP contribution >= 0.6 is 0 Å². The van der Waals surface area contributed by atoms with Crippen molar-refractivity contribution in [2.45, 2.75) is 25.7 Å². The molecule has 0 spiro atoms. The Morgan fingerprint density at radius 1 is 1.00 bits per heavy atom. The fourth-order valence-corrected chi connectivity index (χ4v) is 2.60. The molecular formula is C19H24N4O2. The molecule has 2 aromatic rings. The van der Waals surface area contributed by atoms with Gasteiger partial charge in [0.05, 0.1) is 5.52 Å². The first-order valence-corrected chi connectivity index (χ1v) is 8.86. The van der Waals surface area contributed by atoms with E-state index in [4.69, 9.17) is 0 Å². The van der Waals surface area contributed by atoms with Gasteiger partial charge in [0.1, 0.15) is 5.82 Å². The average Bonchev–Trinajstić information content (AvgIpc) is 3.47. The number of benzene rings is 1. The molecule has 3 rings (SSSR count). The quantitative estimate of drug-likeness (QED) is 0.610. The van der Waals surface area contributed by atoms with Gasteiger partial charge in [0.2, 0.25) is 11.8 Å². The number of nitrogens with one attached hydrogen (secondary N) is 3. The van der Waals surface area contributed by atoms with Gasteiger partial charge in [0.15, 0.2) is 0 Å². The molecule has 0 unspecified atom stereocenters. The molecule has 1 fully saturated rings. The highest BCUT2D eigenvalue weighted by Gasteiger charge is 2.28. The van der Waals surface area contributed by atoms with Crippen LogP contribution < -0.4 is 16.0 Å². The Balaban J connectivity index is 1.28. The summed E-state index contributed by atoms with van der Waals surface area (Å²) in [5.74, 6) is 1.17. The fraction of sp³-hybridized carbons (Fsp3) is 0.421. The van der Waals surface area contributed by atoms with Gasteiger partial charge in [-0.1, -0.05) is 18.2 Å². The maximum Gasteiger partial charge on any atom is 0.223 e. The van der Waals surface area contributed by atoms with E-state index in [0.29, 0.717) is 32.5 Å². The molecule has 1 aliphatic rings. The van der Waals surface area contributed by atoms with E-state index in [2.05, 4.69) is 20.9 Å². The summed E-state index contributed by atoms with van der Waals surface area (Å²) in [5.41, 5.74) is 0.949. The minimum absolute atomic E-state index is 0.00828. The Morgan fingerprint density at radius 3 is 2.68 bits per heavy atom. The van der Waals surface area contributed by atoms with Gasteiger partial charge in [-0.15, -0.1) is 0 Å². The van der Waals surface area contributed by atoms with Gasteiger partial charge in [-0.25, -0.2) is 4.98 Å². The topological polar surface area (TPSA) is 83.1 Å². The van der Waals surface area contributed by atoms with Crippen molar-refractivity contribution in [2.75, 3.05) is 25.0 Å². The number of para-hydroxylation sites is 1. The molecule has 25 heavy (non-hydrogen) atoms. The summed E-state index contributed by atoms with van der Waals surface area (Å²) in [6.45, 7) is 1.74. The summed E-state index contributed by atoms with van der Waals surface area (Å²) >= 11 is 0. The summed E-state index contributed by atoms with van der Waals surface area (Å²) in [6.07, 6.45) is 3.11. The van der Waals surface area contributed by atoms with Crippen LogP contribution in [0.3, 0.4) is 0 Å². The lowest BCUT2D eigenvalue weighted by Crippen LogP contribution is -2.30. The van der Waals surface area contributed by atoms with Crippen LogP contribution in [0.25, 0.3) is 10.9 Å². The van der Waals surface area contributed by atoms with Crippen LogP contribution in [0.1, 0.15) is 25.7 Å². The lowest BCUT2D eigenvalue weighted by atomic mass is 10.2. The molecule has 0 bridgehead atoms. The molecule has 1 heterocycles. The zero-order valence-electron chi connectivity index (χ0n) is 14.3. The van der Waals surface area contributed by atoms with Gasteiger partial charge in [-0.3, -0.25) is 9.59 Å². The van der Waals surface area contributed by atoms with Gasteiger partial charge in [0, 0.05) is 37.4 Å². The van der Waals surface area contributed by atoms with Gasteiger partial charge < -0.3 is 16.0 Å². The minimum atomic E-state index is 0.00828.